The first-order valence-electron chi connectivity index (χ1n) is 6.46. The number of nitrogens with zero attached hydrogens (tertiary/aromatic N) is 1. The van der Waals surface area contributed by atoms with Gasteiger partial charge < -0.3 is 10.1 Å². The Balaban J connectivity index is 1.97. The molecule has 1 unspecified atom stereocenters. The summed E-state index contributed by atoms with van der Waals surface area (Å²) < 4.78 is 5.42. The van der Waals surface area contributed by atoms with Gasteiger partial charge in [0.15, 0.2) is 0 Å². The number of rotatable bonds is 4. The molecular formula is C15H15ClN2O2. The number of carbonyl (C=O) groups is 1. The van der Waals surface area contributed by atoms with E-state index in [4.69, 9.17) is 21.6 Å². The number of nitrogens with one attached hydrogen (secondary N) is 1. The molecule has 1 aromatic carbocycles. The summed E-state index contributed by atoms with van der Waals surface area (Å²) in [5, 5.41) is 12.4. The molecule has 0 radical (unpaired) electrons. The van der Waals surface area contributed by atoms with Gasteiger partial charge in [-0.25, -0.2) is 0 Å². The van der Waals surface area contributed by atoms with Crippen molar-refractivity contribution < 1.29 is 9.53 Å². The van der Waals surface area contributed by atoms with Gasteiger partial charge >= 0.3 is 0 Å². The molecule has 0 saturated carbocycles. The van der Waals surface area contributed by atoms with E-state index >= 15 is 0 Å². The predicted octanol–water partition coefficient (Wildman–Crippen LogP) is 2.54. The zero-order valence-electron chi connectivity index (χ0n) is 10.9. The molecule has 104 valence electrons. The monoisotopic (exact) mass is 290 g/mol. The summed E-state index contributed by atoms with van der Waals surface area (Å²) in [6.07, 6.45) is 3.57. The van der Waals surface area contributed by atoms with Crippen molar-refractivity contribution in [3.8, 4) is 6.07 Å². The summed E-state index contributed by atoms with van der Waals surface area (Å²) in [4.78, 5) is 11.9. The summed E-state index contributed by atoms with van der Waals surface area (Å²) in [7, 11) is 0. The Morgan fingerprint density at radius 1 is 1.50 bits per heavy atom. The topological polar surface area (TPSA) is 62.1 Å². The quantitative estimate of drug-likeness (QED) is 0.685. The van der Waals surface area contributed by atoms with Crippen LogP contribution in [0.15, 0.2) is 29.8 Å². The molecule has 1 heterocycles. The molecule has 1 atom stereocenters. The number of carbonyl (C=O) groups excluding carboxylic acids is 1. The van der Waals surface area contributed by atoms with Crippen molar-refractivity contribution in [3.05, 3.63) is 40.4 Å². The standard InChI is InChI=1S/C15H15ClN2O2/c16-13-5-3-11(4-6-13)8-12(9-17)15(19)18-10-14-2-1-7-20-14/h3-6,8,14H,1-2,7,10H2,(H,18,19)/b12-8-. The number of nitriles is 1. The van der Waals surface area contributed by atoms with E-state index < -0.39 is 0 Å². The number of hydrogen-bond acceptors (Lipinski definition) is 3. The van der Waals surface area contributed by atoms with Gasteiger partial charge in [-0.2, -0.15) is 5.26 Å². The minimum Gasteiger partial charge on any atom is -0.376 e. The van der Waals surface area contributed by atoms with E-state index in [-0.39, 0.29) is 17.6 Å². The molecule has 1 amide bonds. The minimum absolute atomic E-state index is 0.0643. The summed E-state index contributed by atoms with van der Waals surface area (Å²) >= 11 is 5.79. The first-order valence-corrected chi connectivity index (χ1v) is 6.84. The third-order valence-electron chi connectivity index (χ3n) is 3.06. The summed E-state index contributed by atoms with van der Waals surface area (Å²) in [5.41, 5.74) is 0.837. The van der Waals surface area contributed by atoms with Crippen molar-refractivity contribution in [1.82, 2.24) is 5.32 Å². The number of hydrogen-bond donors (Lipinski definition) is 1. The van der Waals surface area contributed by atoms with Crippen LogP contribution < -0.4 is 5.32 Å². The Morgan fingerprint density at radius 3 is 2.85 bits per heavy atom. The molecule has 0 bridgehead atoms. The van der Waals surface area contributed by atoms with Crippen LogP contribution in [0.2, 0.25) is 5.02 Å². The highest BCUT2D eigenvalue weighted by atomic mass is 35.5. The highest BCUT2D eigenvalue weighted by Crippen LogP contribution is 2.13. The van der Waals surface area contributed by atoms with Crippen LogP contribution in [0.5, 0.6) is 0 Å². The minimum atomic E-state index is -0.377. The van der Waals surface area contributed by atoms with Crippen LogP contribution in [0.25, 0.3) is 6.08 Å². The molecule has 20 heavy (non-hydrogen) atoms. The fraction of sp³-hybridized carbons (Fsp3) is 0.333. The van der Waals surface area contributed by atoms with Crippen LogP contribution >= 0.6 is 11.6 Å². The average Bonchev–Trinajstić information content (AvgIpc) is 2.97. The Kier molecular flexibility index (Phi) is 5.16. The van der Waals surface area contributed by atoms with E-state index in [0.717, 1.165) is 25.0 Å². The zero-order chi connectivity index (χ0) is 14.4. The lowest BCUT2D eigenvalue weighted by molar-refractivity contribution is -0.117. The molecule has 1 aliphatic heterocycles. The van der Waals surface area contributed by atoms with E-state index in [1.54, 1.807) is 30.3 Å². The lowest BCUT2D eigenvalue weighted by Crippen LogP contribution is -2.32. The van der Waals surface area contributed by atoms with Crippen molar-refractivity contribution >= 4 is 23.6 Å². The largest absolute Gasteiger partial charge is 0.376 e. The Bertz CT molecular complexity index is 540. The molecule has 0 aromatic heterocycles. The Morgan fingerprint density at radius 2 is 2.25 bits per heavy atom. The SMILES string of the molecule is N#C/C(=C/c1ccc(Cl)cc1)C(=O)NCC1CCCO1. The zero-order valence-corrected chi connectivity index (χ0v) is 11.7. The molecule has 1 aromatic rings. The maximum Gasteiger partial charge on any atom is 0.262 e. The lowest BCUT2D eigenvalue weighted by Gasteiger charge is -2.10. The first-order chi connectivity index (χ1) is 9.69. The molecule has 1 fully saturated rings. The van der Waals surface area contributed by atoms with Crippen LogP contribution in [0.3, 0.4) is 0 Å². The van der Waals surface area contributed by atoms with Gasteiger partial charge in [0.05, 0.1) is 6.10 Å². The fourth-order valence-electron chi connectivity index (χ4n) is 1.98. The molecule has 1 N–H and O–H groups in total. The van der Waals surface area contributed by atoms with E-state index in [9.17, 15) is 4.79 Å². The summed E-state index contributed by atoms with van der Waals surface area (Å²) in [5.74, 6) is -0.377. The van der Waals surface area contributed by atoms with Gasteiger partial charge in [0.25, 0.3) is 5.91 Å². The third-order valence-corrected chi connectivity index (χ3v) is 3.31. The molecule has 5 heteroatoms. The second-order valence-electron chi connectivity index (χ2n) is 4.57. The molecule has 2 rings (SSSR count). The van der Waals surface area contributed by atoms with Gasteiger partial charge in [-0.1, -0.05) is 23.7 Å². The molecule has 4 nitrogen and oxygen atoms in total. The van der Waals surface area contributed by atoms with Crippen LogP contribution in [0, 0.1) is 11.3 Å². The van der Waals surface area contributed by atoms with E-state index in [1.165, 1.54) is 0 Å². The van der Waals surface area contributed by atoms with E-state index in [2.05, 4.69) is 5.32 Å². The van der Waals surface area contributed by atoms with Gasteiger partial charge in [0.1, 0.15) is 11.6 Å². The maximum absolute atomic E-state index is 11.9. The summed E-state index contributed by atoms with van der Waals surface area (Å²) in [6, 6.07) is 8.86. The van der Waals surface area contributed by atoms with Crippen LogP contribution in [-0.4, -0.2) is 25.2 Å². The Hall–Kier alpha value is -1.83. The van der Waals surface area contributed by atoms with E-state index in [0.29, 0.717) is 11.6 Å². The number of benzene rings is 1. The number of halogens is 1. The van der Waals surface area contributed by atoms with Crippen molar-refractivity contribution in [1.29, 1.82) is 5.26 Å². The van der Waals surface area contributed by atoms with Crippen molar-refractivity contribution in [2.45, 2.75) is 18.9 Å². The van der Waals surface area contributed by atoms with Gasteiger partial charge in [-0.3, -0.25) is 4.79 Å². The lowest BCUT2D eigenvalue weighted by atomic mass is 10.1. The third kappa shape index (κ3) is 4.09. The van der Waals surface area contributed by atoms with Crippen molar-refractivity contribution in [2.24, 2.45) is 0 Å². The molecule has 0 aliphatic carbocycles. The number of amides is 1. The van der Waals surface area contributed by atoms with Gasteiger partial charge in [-0.15, -0.1) is 0 Å². The van der Waals surface area contributed by atoms with Crippen LogP contribution in [0.4, 0.5) is 0 Å². The highest BCUT2D eigenvalue weighted by molar-refractivity contribution is 6.30. The molecule has 1 saturated heterocycles. The van der Waals surface area contributed by atoms with Gasteiger partial charge in [0.2, 0.25) is 0 Å². The maximum atomic E-state index is 11.9. The second-order valence-corrected chi connectivity index (χ2v) is 5.00. The summed E-state index contributed by atoms with van der Waals surface area (Å²) in [6.45, 7) is 1.19. The van der Waals surface area contributed by atoms with Crippen molar-refractivity contribution in [2.75, 3.05) is 13.2 Å². The van der Waals surface area contributed by atoms with Gasteiger partial charge in [0, 0.05) is 18.2 Å². The molecular weight excluding hydrogens is 276 g/mol. The van der Waals surface area contributed by atoms with Crippen LogP contribution in [-0.2, 0) is 9.53 Å². The van der Waals surface area contributed by atoms with Gasteiger partial charge in [-0.05, 0) is 36.6 Å². The Labute approximate surface area is 123 Å². The highest BCUT2D eigenvalue weighted by Gasteiger charge is 2.17. The first kappa shape index (κ1) is 14.6. The molecule has 1 aliphatic rings. The average molecular weight is 291 g/mol. The smallest absolute Gasteiger partial charge is 0.262 e. The normalized spacial score (nSPS) is 18.6. The van der Waals surface area contributed by atoms with Crippen LogP contribution in [0.1, 0.15) is 18.4 Å². The van der Waals surface area contributed by atoms with Crippen molar-refractivity contribution in [3.63, 3.8) is 0 Å². The second kappa shape index (κ2) is 7.09. The predicted molar refractivity (Wildman–Crippen MR) is 77.0 cm³/mol. The molecule has 0 spiro atoms. The number of ether oxygens (including phenoxy) is 1. The fourth-order valence-corrected chi connectivity index (χ4v) is 2.11. The van der Waals surface area contributed by atoms with E-state index in [1.807, 2.05) is 6.07 Å².